The van der Waals surface area contributed by atoms with Gasteiger partial charge in [0.05, 0.1) is 38.6 Å². The van der Waals surface area contributed by atoms with E-state index in [0.717, 1.165) is 38.5 Å². The zero-order valence-corrected chi connectivity index (χ0v) is 68.9. The van der Waals surface area contributed by atoms with Crippen LogP contribution in [0.5, 0.6) is 0 Å². The van der Waals surface area contributed by atoms with E-state index in [-0.39, 0.29) is 18.9 Å². The Morgan fingerprint density at radius 2 is 0.593 bits per heavy atom. The summed E-state index contributed by atoms with van der Waals surface area (Å²) in [5.74, 6) is -0.275. The quantitative estimate of drug-likeness (QED) is 0.0199. The van der Waals surface area contributed by atoms with Crippen LogP contribution in [0, 0.1) is 0 Å². The van der Waals surface area contributed by atoms with Gasteiger partial charge in [-0.15, -0.1) is 0 Å². The van der Waals surface area contributed by atoms with Gasteiger partial charge in [-0.05, 0) is 32.1 Å². The first kappa shape index (κ1) is 100. The number of hydrogen-bond donors (Lipinski definition) is 12. The van der Waals surface area contributed by atoms with Crippen molar-refractivity contribution in [3.05, 3.63) is 24.3 Å². The molecule has 0 saturated carbocycles. The predicted molar refractivity (Wildman–Crippen MR) is 434 cm³/mol. The monoisotopic (exact) mass is 1540 g/mol. The van der Waals surface area contributed by atoms with Crippen LogP contribution in [-0.2, 0) is 33.2 Å². The van der Waals surface area contributed by atoms with Crippen molar-refractivity contribution in [2.24, 2.45) is 0 Å². The number of hydrogen-bond acceptors (Lipinski definition) is 18. The van der Waals surface area contributed by atoms with Gasteiger partial charge in [0.1, 0.15) is 73.2 Å². The molecule has 12 N–H and O–H groups in total. The fourth-order valence-corrected chi connectivity index (χ4v) is 15.7. The third kappa shape index (κ3) is 48.0. The fraction of sp³-hybridized carbons (Fsp3) is 0.944. The molecule has 0 aromatic carbocycles. The largest absolute Gasteiger partial charge is 0.394 e. The van der Waals surface area contributed by atoms with Crippen LogP contribution < -0.4 is 5.32 Å². The van der Waals surface area contributed by atoms with Crippen molar-refractivity contribution in [3.63, 3.8) is 0 Å². The molecule has 19 heteroatoms. The molecule has 3 aliphatic rings. The molecule has 3 heterocycles. The number of aliphatic hydroxyl groups excluding tert-OH is 11. The van der Waals surface area contributed by atoms with Crippen molar-refractivity contribution in [1.82, 2.24) is 5.32 Å². The lowest BCUT2D eigenvalue weighted by atomic mass is 9.96. The van der Waals surface area contributed by atoms with E-state index in [4.69, 9.17) is 28.4 Å². The van der Waals surface area contributed by atoms with Gasteiger partial charge < -0.3 is 89.9 Å². The summed E-state index contributed by atoms with van der Waals surface area (Å²) in [7, 11) is 0. The van der Waals surface area contributed by atoms with Crippen LogP contribution in [0.15, 0.2) is 24.3 Å². The van der Waals surface area contributed by atoms with Crippen LogP contribution in [0.3, 0.4) is 0 Å². The second-order valence-corrected chi connectivity index (χ2v) is 32.8. The Labute approximate surface area is 658 Å². The number of unbranched alkanes of at least 4 members (excludes halogenated alkanes) is 57. The van der Waals surface area contributed by atoms with Crippen LogP contribution in [-0.4, -0.2) is 193 Å². The van der Waals surface area contributed by atoms with Crippen LogP contribution in [0.25, 0.3) is 0 Å². The van der Waals surface area contributed by atoms with Crippen LogP contribution in [0.1, 0.15) is 406 Å². The molecule has 0 bridgehead atoms. The number of allylic oxidation sites excluding steroid dienone is 3. The Kier molecular flexibility index (Phi) is 64.7. The molecule has 1 amide bonds. The lowest BCUT2D eigenvalue weighted by Gasteiger charge is -2.48. The van der Waals surface area contributed by atoms with Crippen LogP contribution in [0.2, 0.25) is 0 Å². The van der Waals surface area contributed by atoms with Crippen molar-refractivity contribution in [1.29, 1.82) is 0 Å². The van der Waals surface area contributed by atoms with Crippen LogP contribution in [0.4, 0.5) is 0 Å². The molecule has 17 unspecified atom stereocenters. The highest BCUT2D eigenvalue weighted by molar-refractivity contribution is 5.76. The van der Waals surface area contributed by atoms with E-state index in [1.807, 2.05) is 6.08 Å². The topological polar surface area (TPSA) is 307 Å². The normalized spacial score (nSPS) is 25.4. The van der Waals surface area contributed by atoms with E-state index in [9.17, 15) is 61.0 Å². The van der Waals surface area contributed by atoms with E-state index in [2.05, 4.69) is 31.3 Å². The molecule has 108 heavy (non-hydrogen) atoms. The highest BCUT2D eigenvalue weighted by Gasteiger charge is 2.54. The molecule has 17 atom stereocenters. The van der Waals surface area contributed by atoms with Crippen molar-refractivity contribution in [2.75, 3.05) is 26.4 Å². The number of carbonyl (C=O) groups excluding carboxylic acids is 1. The third-order valence-corrected chi connectivity index (χ3v) is 23.0. The summed E-state index contributed by atoms with van der Waals surface area (Å²) in [6.07, 6.45) is 60.6. The summed E-state index contributed by atoms with van der Waals surface area (Å²) in [6, 6.07) is -0.989. The molecule has 19 nitrogen and oxygen atoms in total. The number of carbonyl (C=O) groups is 1. The predicted octanol–water partition coefficient (Wildman–Crippen LogP) is 17.2. The number of aliphatic hydroxyl groups is 11. The van der Waals surface area contributed by atoms with Gasteiger partial charge in [0.15, 0.2) is 18.9 Å². The summed E-state index contributed by atoms with van der Waals surface area (Å²) in [5.41, 5.74) is 0. The third-order valence-electron chi connectivity index (χ3n) is 23.0. The number of amides is 1. The van der Waals surface area contributed by atoms with Crippen LogP contribution >= 0.6 is 0 Å². The molecule has 3 saturated heterocycles. The second kappa shape index (κ2) is 69.6. The van der Waals surface area contributed by atoms with Gasteiger partial charge in [0, 0.05) is 6.42 Å². The lowest BCUT2D eigenvalue weighted by Crippen LogP contribution is -2.66. The summed E-state index contributed by atoms with van der Waals surface area (Å²) in [5, 5.41) is 121. The van der Waals surface area contributed by atoms with E-state index < -0.39 is 124 Å². The minimum absolute atomic E-state index is 0.241. The summed E-state index contributed by atoms with van der Waals surface area (Å²) >= 11 is 0. The molecule has 0 aliphatic carbocycles. The van der Waals surface area contributed by atoms with Crippen molar-refractivity contribution < 1.29 is 89.4 Å². The van der Waals surface area contributed by atoms with Gasteiger partial charge in [-0.3, -0.25) is 4.79 Å². The van der Waals surface area contributed by atoms with Gasteiger partial charge in [-0.1, -0.05) is 391 Å². The average Bonchev–Trinajstić information content (AvgIpc) is 0.779. The number of rotatable bonds is 75. The van der Waals surface area contributed by atoms with E-state index in [1.54, 1.807) is 6.08 Å². The highest BCUT2D eigenvalue weighted by atomic mass is 16.8. The zero-order valence-electron chi connectivity index (χ0n) is 68.9. The molecule has 0 aromatic rings. The Bertz CT molecular complexity index is 2040. The Morgan fingerprint density at radius 1 is 0.324 bits per heavy atom. The van der Waals surface area contributed by atoms with Crippen molar-refractivity contribution >= 4 is 5.91 Å². The molecule has 638 valence electrons. The highest BCUT2D eigenvalue weighted by Crippen LogP contribution is 2.34. The van der Waals surface area contributed by atoms with E-state index in [1.165, 1.54) is 334 Å². The maximum Gasteiger partial charge on any atom is 0.220 e. The van der Waals surface area contributed by atoms with Crippen molar-refractivity contribution in [3.8, 4) is 0 Å². The fourth-order valence-electron chi connectivity index (χ4n) is 15.7. The maximum atomic E-state index is 13.5. The summed E-state index contributed by atoms with van der Waals surface area (Å²) in [4.78, 5) is 13.5. The Hall–Kier alpha value is -1.73. The summed E-state index contributed by atoms with van der Waals surface area (Å²) < 4.78 is 34.5. The maximum absolute atomic E-state index is 13.5. The molecule has 3 aliphatic heterocycles. The zero-order chi connectivity index (χ0) is 78.1. The van der Waals surface area contributed by atoms with Gasteiger partial charge >= 0.3 is 0 Å². The second-order valence-electron chi connectivity index (χ2n) is 32.8. The minimum atomic E-state index is -1.98. The molecule has 0 radical (unpaired) electrons. The molecular weight excluding hydrogens is 1370 g/mol. The number of nitrogens with one attached hydrogen (secondary N) is 1. The van der Waals surface area contributed by atoms with Gasteiger partial charge in [0.25, 0.3) is 0 Å². The molecule has 3 fully saturated rings. The van der Waals surface area contributed by atoms with Gasteiger partial charge in [0.2, 0.25) is 5.91 Å². The molecular formula is C89H169NO18. The smallest absolute Gasteiger partial charge is 0.220 e. The Morgan fingerprint density at radius 3 is 0.926 bits per heavy atom. The number of ether oxygens (including phenoxy) is 6. The van der Waals surface area contributed by atoms with Gasteiger partial charge in [-0.25, -0.2) is 0 Å². The van der Waals surface area contributed by atoms with Crippen molar-refractivity contribution in [2.45, 2.75) is 510 Å². The lowest BCUT2D eigenvalue weighted by molar-refractivity contribution is -0.379. The van der Waals surface area contributed by atoms with Gasteiger partial charge in [-0.2, -0.15) is 0 Å². The first-order chi connectivity index (χ1) is 52.8. The SMILES string of the molecule is CCCCCCCCCCCCCCCCCCCCCCCCCCCC/C=C/CC/C=C/C(O)C(COC1OC(CO)C(OC2OC(CO)C(OC3OC(CO)C(O)C(O)C3O)C(O)C2O)C(O)C1O)NC(=O)CCCCCCCCCCCCCCCCCCCCCCCCCCCCCCCCC. The standard InChI is InChI=1S/C89H169NO18/c1-3-5-7-9-11-13-15-17-19-21-23-25-27-29-31-33-35-37-38-40-42-44-46-48-50-52-54-56-58-60-62-64-66-73(94)72(90-77(95)67-65-63-61-59-57-55-53-51-49-47-45-43-41-39-36-34-32-30-28-26-24-22-20-18-16-14-12-10-8-6-4-2)71-103-87-83(101)80(98)85(75(69-92)105-87)108-89-84(102)81(99)86(76(70-93)106-89)107-88-82(100)79(97)78(96)74(68-91)104-88/h56,58,64,66,72-76,78-89,91-94,96-102H,3-55,57,59-63,65,67-71H2,1-2H3,(H,90,95)/b58-56+,66-64+. The average molecular weight is 1540 g/mol. The molecule has 3 rings (SSSR count). The summed E-state index contributed by atoms with van der Waals surface area (Å²) in [6.45, 7) is 1.80. The first-order valence-corrected chi connectivity index (χ1v) is 45.6. The first-order valence-electron chi connectivity index (χ1n) is 45.6. The molecule has 0 spiro atoms. The van der Waals surface area contributed by atoms with E-state index in [0.29, 0.717) is 12.8 Å². The molecule has 0 aromatic heterocycles. The van der Waals surface area contributed by atoms with E-state index >= 15 is 0 Å². The Balaban J connectivity index is 1.33. The minimum Gasteiger partial charge on any atom is -0.394 e.